The van der Waals surface area contributed by atoms with E-state index in [1.807, 2.05) is 77.1 Å². The fourth-order valence-electron chi connectivity index (χ4n) is 3.03. The summed E-state index contributed by atoms with van der Waals surface area (Å²) in [5.41, 5.74) is 8.87. The molecule has 2 aromatic rings. The Morgan fingerprint density at radius 1 is 1.16 bits per heavy atom. The van der Waals surface area contributed by atoms with Crippen molar-refractivity contribution in [3.05, 3.63) is 64.9 Å². The van der Waals surface area contributed by atoms with Crippen LogP contribution in [-0.4, -0.2) is 35.9 Å². The molecule has 1 fully saturated rings. The summed E-state index contributed by atoms with van der Waals surface area (Å²) in [6.45, 7) is 10.2. The zero-order chi connectivity index (χ0) is 22.6. The lowest BCUT2D eigenvalue weighted by molar-refractivity contribution is 0.00578. The number of hydrogen-bond donors (Lipinski definition) is 2. The van der Waals surface area contributed by atoms with Gasteiger partial charge < -0.3 is 25.1 Å². The van der Waals surface area contributed by atoms with Gasteiger partial charge in [0.05, 0.1) is 22.6 Å². The molecule has 0 atom stereocenters. The first-order valence-electron chi connectivity index (χ1n) is 10.3. The van der Waals surface area contributed by atoms with Crippen LogP contribution in [0.1, 0.15) is 44.5 Å². The number of anilines is 1. The van der Waals surface area contributed by atoms with Crippen molar-refractivity contribution in [1.82, 2.24) is 10.3 Å². The monoisotopic (exact) mass is 423 g/mol. The molecule has 1 aromatic heterocycles. The van der Waals surface area contributed by atoms with Crippen molar-refractivity contribution in [2.75, 3.05) is 12.3 Å². The molecule has 1 aliphatic rings. The third kappa shape index (κ3) is 5.45. The summed E-state index contributed by atoms with van der Waals surface area (Å²) >= 11 is 0. The number of carbonyl (C=O) groups excluding carboxylic acids is 1. The number of pyridine rings is 1. The molecular formula is C23H30BN3O4. The summed E-state index contributed by atoms with van der Waals surface area (Å²) in [5, 5.41) is 2.78. The van der Waals surface area contributed by atoms with Gasteiger partial charge in [-0.05, 0) is 63.4 Å². The predicted molar refractivity (Wildman–Crippen MR) is 122 cm³/mol. The summed E-state index contributed by atoms with van der Waals surface area (Å²) in [7, 11) is -0.652. The second-order valence-electron chi connectivity index (χ2n) is 8.65. The topological polar surface area (TPSA) is 95.7 Å². The summed E-state index contributed by atoms with van der Waals surface area (Å²) in [6.07, 6.45) is 2.97. The Balaban J connectivity index is 1.75. The van der Waals surface area contributed by atoms with Crippen LogP contribution in [0, 0.1) is 6.92 Å². The number of nitrogens with zero attached hydrogens (tertiary/aromatic N) is 1. The van der Waals surface area contributed by atoms with Crippen molar-refractivity contribution < 1.29 is 18.8 Å². The van der Waals surface area contributed by atoms with E-state index in [1.165, 1.54) is 0 Å². The molecule has 31 heavy (non-hydrogen) atoms. The fraction of sp³-hybridized carbons (Fsp3) is 0.391. The maximum Gasteiger partial charge on any atom is 0.492 e. The Bertz CT molecular complexity index is 945. The number of nitrogens with two attached hydrogens (primary N) is 1. The van der Waals surface area contributed by atoms with Gasteiger partial charge in [0.15, 0.2) is 0 Å². The van der Waals surface area contributed by atoms with E-state index in [9.17, 15) is 4.79 Å². The minimum absolute atomic E-state index is 0.166. The van der Waals surface area contributed by atoms with E-state index in [-0.39, 0.29) is 13.2 Å². The minimum atomic E-state index is -0.652. The van der Waals surface area contributed by atoms with Gasteiger partial charge in [0, 0.05) is 12.7 Å². The second kappa shape index (κ2) is 9.12. The smallest absolute Gasteiger partial charge is 0.445 e. The zero-order valence-corrected chi connectivity index (χ0v) is 18.8. The van der Waals surface area contributed by atoms with E-state index in [1.54, 1.807) is 6.20 Å². The SMILES string of the molecule is Cc1ccnc(C=C(CNC(=O)OCc2ccccc2)B2OC(C)(C)C(C)(C)O2)c1N. The molecule has 3 rings (SSSR count). The number of amides is 1. The molecule has 1 amide bonds. The maximum absolute atomic E-state index is 12.3. The van der Waals surface area contributed by atoms with E-state index < -0.39 is 24.4 Å². The van der Waals surface area contributed by atoms with Crippen LogP contribution >= 0.6 is 0 Å². The summed E-state index contributed by atoms with van der Waals surface area (Å²) in [5.74, 6) is 0. The zero-order valence-electron chi connectivity index (χ0n) is 18.8. The molecule has 7 nitrogen and oxygen atoms in total. The maximum atomic E-state index is 12.3. The fourth-order valence-corrected chi connectivity index (χ4v) is 3.03. The highest BCUT2D eigenvalue weighted by Crippen LogP contribution is 2.38. The molecule has 1 aromatic carbocycles. The highest BCUT2D eigenvalue weighted by Gasteiger charge is 2.52. The molecule has 0 unspecified atom stereocenters. The molecule has 0 bridgehead atoms. The molecule has 0 radical (unpaired) electrons. The van der Waals surface area contributed by atoms with Crippen molar-refractivity contribution in [3.63, 3.8) is 0 Å². The van der Waals surface area contributed by atoms with Gasteiger partial charge in [-0.15, -0.1) is 0 Å². The molecule has 0 aliphatic carbocycles. The van der Waals surface area contributed by atoms with Crippen molar-refractivity contribution in [2.24, 2.45) is 0 Å². The lowest BCUT2D eigenvalue weighted by Gasteiger charge is -2.32. The van der Waals surface area contributed by atoms with Crippen LogP contribution in [-0.2, 0) is 20.7 Å². The van der Waals surface area contributed by atoms with Gasteiger partial charge in [0.1, 0.15) is 6.61 Å². The average molecular weight is 423 g/mol. The van der Waals surface area contributed by atoms with Gasteiger partial charge in [-0.25, -0.2) is 4.79 Å². The lowest BCUT2D eigenvalue weighted by atomic mass is 9.77. The first-order valence-corrected chi connectivity index (χ1v) is 10.3. The van der Waals surface area contributed by atoms with Crippen LogP contribution < -0.4 is 11.1 Å². The molecule has 164 valence electrons. The normalized spacial score (nSPS) is 17.5. The van der Waals surface area contributed by atoms with E-state index in [0.29, 0.717) is 16.9 Å². The number of alkyl carbamates (subject to hydrolysis) is 1. The number of rotatable bonds is 6. The van der Waals surface area contributed by atoms with E-state index in [0.717, 1.165) is 11.1 Å². The van der Waals surface area contributed by atoms with Gasteiger partial charge in [-0.1, -0.05) is 30.3 Å². The van der Waals surface area contributed by atoms with Crippen LogP contribution in [0.3, 0.4) is 0 Å². The van der Waals surface area contributed by atoms with E-state index in [4.69, 9.17) is 19.8 Å². The standard InChI is InChI=1S/C23H30BN3O4/c1-16-11-12-26-19(20(16)25)13-18(24-30-22(2,3)23(4,5)31-24)14-27-21(28)29-15-17-9-7-6-8-10-17/h6-13H,14-15,25H2,1-5H3,(H,27,28). The summed E-state index contributed by atoms with van der Waals surface area (Å²) in [4.78, 5) is 16.7. The first kappa shape index (κ1) is 22.8. The van der Waals surface area contributed by atoms with Gasteiger partial charge in [0.25, 0.3) is 0 Å². The largest absolute Gasteiger partial charge is 0.492 e. The predicted octanol–water partition coefficient (Wildman–Crippen LogP) is 3.91. The number of benzene rings is 1. The average Bonchev–Trinajstić information content (AvgIpc) is 2.94. The molecule has 1 saturated heterocycles. The molecule has 8 heteroatoms. The highest BCUT2D eigenvalue weighted by molar-refractivity contribution is 6.56. The van der Waals surface area contributed by atoms with Gasteiger partial charge in [-0.3, -0.25) is 4.98 Å². The van der Waals surface area contributed by atoms with Crippen molar-refractivity contribution in [3.8, 4) is 0 Å². The van der Waals surface area contributed by atoms with Crippen molar-refractivity contribution in [1.29, 1.82) is 0 Å². The van der Waals surface area contributed by atoms with Gasteiger partial charge in [-0.2, -0.15) is 0 Å². The molecule has 3 N–H and O–H groups in total. The number of nitrogen functional groups attached to an aromatic ring is 1. The van der Waals surface area contributed by atoms with Crippen LogP contribution in [0.5, 0.6) is 0 Å². The molecule has 0 spiro atoms. The van der Waals surface area contributed by atoms with Crippen LogP contribution in [0.25, 0.3) is 6.08 Å². The quantitative estimate of drug-likeness (QED) is 0.684. The van der Waals surface area contributed by atoms with Crippen molar-refractivity contribution >= 4 is 25.0 Å². The van der Waals surface area contributed by atoms with Crippen LogP contribution in [0.4, 0.5) is 10.5 Å². The number of carbonyl (C=O) groups is 1. The number of hydrogen-bond acceptors (Lipinski definition) is 6. The summed E-state index contributed by atoms with van der Waals surface area (Å²) in [6, 6.07) is 11.4. The number of nitrogens with one attached hydrogen (secondary N) is 1. The molecule has 1 aliphatic heterocycles. The van der Waals surface area contributed by atoms with E-state index >= 15 is 0 Å². The van der Waals surface area contributed by atoms with Gasteiger partial charge in [0.2, 0.25) is 0 Å². The Morgan fingerprint density at radius 2 is 1.81 bits per heavy atom. The molecule has 2 heterocycles. The minimum Gasteiger partial charge on any atom is -0.445 e. The first-order chi connectivity index (χ1) is 14.6. The van der Waals surface area contributed by atoms with Crippen LogP contribution in [0.2, 0.25) is 0 Å². The third-order valence-corrected chi connectivity index (χ3v) is 5.77. The number of ether oxygens (including phenoxy) is 1. The summed E-state index contributed by atoms with van der Waals surface area (Å²) < 4.78 is 17.7. The number of aromatic nitrogens is 1. The second-order valence-corrected chi connectivity index (χ2v) is 8.65. The van der Waals surface area contributed by atoms with Crippen molar-refractivity contribution in [2.45, 2.75) is 52.4 Å². The highest BCUT2D eigenvalue weighted by atomic mass is 16.7. The third-order valence-electron chi connectivity index (χ3n) is 5.77. The molecular weight excluding hydrogens is 393 g/mol. The Morgan fingerprint density at radius 3 is 2.45 bits per heavy atom. The van der Waals surface area contributed by atoms with Gasteiger partial charge >= 0.3 is 13.2 Å². The molecule has 0 saturated carbocycles. The lowest BCUT2D eigenvalue weighted by Crippen LogP contribution is -2.41. The Hall–Kier alpha value is -2.84. The Kier molecular flexibility index (Phi) is 6.72. The number of aryl methyl sites for hydroxylation is 1. The van der Waals surface area contributed by atoms with Crippen LogP contribution in [0.15, 0.2) is 48.1 Å². The Labute approximate surface area is 184 Å². The van der Waals surface area contributed by atoms with E-state index in [2.05, 4.69) is 10.3 Å².